The normalized spacial score (nSPS) is 12.0. The van der Waals surface area contributed by atoms with Gasteiger partial charge in [0.15, 0.2) is 0 Å². The second-order valence-electron chi connectivity index (χ2n) is 11.8. The summed E-state index contributed by atoms with van der Waals surface area (Å²) in [6.07, 6.45) is -4.33. The summed E-state index contributed by atoms with van der Waals surface area (Å²) in [7, 11) is -1.31. The molecule has 6 rings (SSSR count). The number of benzene rings is 6. The van der Waals surface area contributed by atoms with Crippen LogP contribution in [0.5, 0.6) is 0 Å². The molecule has 6 aromatic carbocycles. The molecule has 0 fully saturated rings. The Hall–Kier alpha value is -4.41. The largest absolute Gasteiger partial charge is 0.416 e. The van der Waals surface area contributed by atoms with E-state index in [-0.39, 0.29) is 0 Å². The molecule has 0 unspecified atom stereocenters. The van der Waals surface area contributed by atoms with Gasteiger partial charge in [0, 0.05) is 0 Å². The average molecular weight is 573 g/mol. The summed E-state index contributed by atoms with van der Waals surface area (Å²) < 4.78 is 38.7. The number of rotatable bonds is 5. The van der Waals surface area contributed by atoms with Crippen molar-refractivity contribution in [3.63, 3.8) is 0 Å². The van der Waals surface area contributed by atoms with Crippen LogP contribution >= 0.6 is 0 Å². The van der Waals surface area contributed by atoms with Crippen LogP contribution in [0, 0.1) is 0 Å². The maximum atomic E-state index is 12.9. The summed E-state index contributed by atoms with van der Waals surface area (Å²) in [6.45, 7) is 7.11. The quantitative estimate of drug-likeness (QED) is 0.180. The van der Waals surface area contributed by atoms with E-state index in [1.807, 2.05) is 24.3 Å². The van der Waals surface area contributed by atoms with Gasteiger partial charge in [0.25, 0.3) is 0 Å². The molecule has 6 aromatic rings. The third-order valence-corrected chi connectivity index (χ3v) is 9.97. The van der Waals surface area contributed by atoms with Gasteiger partial charge in [0.1, 0.15) is 0 Å². The minimum atomic E-state index is -4.33. The van der Waals surface area contributed by atoms with Crippen LogP contribution < -0.4 is 5.19 Å². The molecule has 0 N–H and O–H groups in total. The van der Waals surface area contributed by atoms with E-state index in [1.54, 1.807) is 0 Å². The van der Waals surface area contributed by atoms with E-state index >= 15 is 0 Å². The third-order valence-electron chi connectivity index (χ3n) is 7.91. The molecule has 0 atom stereocenters. The molecule has 0 aliphatic carbocycles. The van der Waals surface area contributed by atoms with Crippen LogP contribution in [0.4, 0.5) is 13.2 Å². The van der Waals surface area contributed by atoms with Gasteiger partial charge in [-0.1, -0.05) is 134 Å². The second kappa shape index (κ2) is 10.8. The Morgan fingerprint density at radius 1 is 0.381 bits per heavy atom. The number of halogens is 3. The van der Waals surface area contributed by atoms with Gasteiger partial charge in [0.05, 0.1) is 13.6 Å². The lowest BCUT2D eigenvalue weighted by molar-refractivity contribution is -0.137. The number of hydrogen-bond acceptors (Lipinski definition) is 0. The summed E-state index contributed by atoms with van der Waals surface area (Å²) in [5, 5.41) is 3.79. The van der Waals surface area contributed by atoms with Crippen molar-refractivity contribution in [2.75, 3.05) is 0 Å². The van der Waals surface area contributed by atoms with Crippen LogP contribution in [0.15, 0.2) is 133 Å². The first-order valence-electron chi connectivity index (χ1n) is 14.1. The molecule has 0 bridgehead atoms. The van der Waals surface area contributed by atoms with Crippen LogP contribution in [0.25, 0.3) is 55.3 Å². The van der Waals surface area contributed by atoms with Crippen LogP contribution in [0.1, 0.15) is 5.56 Å². The van der Waals surface area contributed by atoms with E-state index in [9.17, 15) is 13.2 Å². The molecule has 208 valence electrons. The zero-order valence-corrected chi connectivity index (χ0v) is 24.8. The van der Waals surface area contributed by atoms with Crippen molar-refractivity contribution < 1.29 is 13.2 Å². The van der Waals surface area contributed by atoms with Gasteiger partial charge >= 0.3 is 6.18 Å². The van der Waals surface area contributed by atoms with Gasteiger partial charge in [-0.05, 0) is 79.5 Å². The van der Waals surface area contributed by atoms with Crippen molar-refractivity contribution in [3.05, 3.63) is 139 Å². The second-order valence-corrected chi connectivity index (χ2v) is 16.9. The van der Waals surface area contributed by atoms with Gasteiger partial charge in [-0.3, -0.25) is 0 Å². The van der Waals surface area contributed by atoms with Crippen LogP contribution in [-0.2, 0) is 6.18 Å². The number of hydrogen-bond donors (Lipinski definition) is 0. The summed E-state index contributed by atoms with van der Waals surface area (Å²) >= 11 is 0. The standard InChI is InChI=1S/C38H31F3Si/c1-42(2,3)37-22-18-29(19-23-37)27-6-10-31(11-7-27)33-13-15-34-24-32(12-14-35(34)25-33)30-8-4-26(5-9-30)28-16-20-36(21-17-28)38(39,40)41/h4-25H,1-3H3. The zero-order valence-electron chi connectivity index (χ0n) is 23.8. The molecular formula is C38H31F3Si. The first-order valence-corrected chi connectivity index (χ1v) is 17.6. The number of fused-ring (bicyclic) bond motifs is 1. The molecule has 0 spiro atoms. The van der Waals surface area contributed by atoms with E-state index in [2.05, 4.69) is 105 Å². The Bertz CT molecular complexity index is 1700. The molecule has 0 nitrogen and oxygen atoms in total. The smallest absolute Gasteiger partial charge is 0.166 e. The third kappa shape index (κ3) is 5.81. The van der Waals surface area contributed by atoms with E-state index in [0.29, 0.717) is 0 Å². The van der Waals surface area contributed by atoms with Crippen molar-refractivity contribution >= 4 is 24.0 Å². The predicted molar refractivity (Wildman–Crippen MR) is 174 cm³/mol. The molecule has 0 radical (unpaired) electrons. The summed E-state index contributed by atoms with van der Waals surface area (Å²) in [6, 6.07) is 44.0. The van der Waals surface area contributed by atoms with Gasteiger partial charge < -0.3 is 0 Å². The maximum absolute atomic E-state index is 12.9. The average Bonchev–Trinajstić information content (AvgIpc) is 3.00. The topological polar surface area (TPSA) is 0 Å². The Morgan fingerprint density at radius 2 is 0.667 bits per heavy atom. The van der Waals surface area contributed by atoms with Crippen molar-refractivity contribution in [1.29, 1.82) is 0 Å². The minimum Gasteiger partial charge on any atom is -0.166 e. The first-order chi connectivity index (χ1) is 20.0. The molecule has 0 saturated carbocycles. The SMILES string of the molecule is C[Si](C)(C)c1ccc(-c2ccc(-c3ccc4cc(-c5ccc(-c6ccc(C(F)(F)F)cc6)cc5)ccc4c3)cc2)cc1. The van der Waals surface area contributed by atoms with Gasteiger partial charge in [-0.25, -0.2) is 0 Å². The lowest BCUT2D eigenvalue weighted by atomic mass is 9.95. The molecule has 0 aliphatic rings. The minimum absolute atomic E-state index is 0.637. The highest BCUT2D eigenvalue weighted by Gasteiger charge is 2.30. The molecule has 0 amide bonds. The van der Waals surface area contributed by atoms with Crippen LogP contribution in [0.3, 0.4) is 0 Å². The fraction of sp³-hybridized carbons (Fsp3) is 0.105. The van der Waals surface area contributed by atoms with E-state index in [0.717, 1.165) is 39.8 Å². The molecule has 42 heavy (non-hydrogen) atoms. The summed E-state index contributed by atoms with van der Waals surface area (Å²) in [4.78, 5) is 0. The molecule has 0 aromatic heterocycles. The Kier molecular flexibility index (Phi) is 7.11. The molecule has 0 saturated heterocycles. The highest BCUT2D eigenvalue weighted by Crippen LogP contribution is 2.33. The molecule has 0 heterocycles. The Balaban J connectivity index is 1.19. The fourth-order valence-corrected chi connectivity index (χ4v) is 6.50. The lowest BCUT2D eigenvalue weighted by Crippen LogP contribution is -2.37. The summed E-state index contributed by atoms with van der Waals surface area (Å²) in [5.74, 6) is 0. The maximum Gasteiger partial charge on any atom is 0.416 e. The van der Waals surface area contributed by atoms with E-state index < -0.39 is 19.8 Å². The van der Waals surface area contributed by atoms with Crippen molar-refractivity contribution in [2.24, 2.45) is 0 Å². The van der Waals surface area contributed by atoms with Crippen LogP contribution in [-0.4, -0.2) is 8.07 Å². The van der Waals surface area contributed by atoms with Gasteiger partial charge in [-0.2, -0.15) is 13.2 Å². The first kappa shape index (κ1) is 27.7. The monoisotopic (exact) mass is 572 g/mol. The predicted octanol–water partition coefficient (Wildman–Crippen LogP) is 11.1. The Morgan fingerprint density at radius 3 is 1.00 bits per heavy atom. The Labute approximate surface area is 246 Å². The molecular weight excluding hydrogens is 541 g/mol. The van der Waals surface area contributed by atoms with Crippen molar-refractivity contribution in [2.45, 2.75) is 25.8 Å². The van der Waals surface area contributed by atoms with Gasteiger partial charge in [0.2, 0.25) is 0 Å². The highest BCUT2D eigenvalue weighted by atomic mass is 28.3. The highest BCUT2D eigenvalue weighted by molar-refractivity contribution is 6.88. The van der Waals surface area contributed by atoms with E-state index in [1.165, 1.54) is 45.0 Å². The number of alkyl halides is 3. The van der Waals surface area contributed by atoms with E-state index in [4.69, 9.17) is 0 Å². The molecule has 0 aliphatic heterocycles. The lowest BCUT2D eigenvalue weighted by Gasteiger charge is -2.16. The molecule has 4 heteroatoms. The van der Waals surface area contributed by atoms with Crippen LogP contribution in [0.2, 0.25) is 19.6 Å². The fourth-order valence-electron chi connectivity index (χ4n) is 5.33. The van der Waals surface area contributed by atoms with Crippen molar-refractivity contribution in [1.82, 2.24) is 0 Å². The zero-order chi connectivity index (χ0) is 29.5. The van der Waals surface area contributed by atoms with Crippen molar-refractivity contribution in [3.8, 4) is 44.5 Å². The van der Waals surface area contributed by atoms with Gasteiger partial charge in [-0.15, -0.1) is 0 Å². The summed E-state index contributed by atoms with van der Waals surface area (Å²) in [5.41, 5.74) is 7.98.